The highest BCUT2D eigenvalue weighted by molar-refractivity contribution is 6.04. The van der Waals surface area contributed by atoms with Crippen molar-refractivity contribution in [1.82, 2.24) is 4.90 Å². The Morgan fingerprint density at radius 1 is 1.03 bits per heavy atom. The van der Waals surface area contributed by atoms with Crippen molar-refractivity contribution < 1.29 is 23.5 Å². The monoisotopic (exact) mass is 462 g/mol. The smallest absolute Gasteiger partial charge is 0.254 e. The van der Waals surface area contributed by atoms with E-state index in [-0.39, 0.29) is 17.6 Å². The molecule has 6 nitrogen and oxygen atoms in total. The zero-order valence-electron chi connectivity index (χ0n) is 19.2. The first-order valence-electron chi connectivity index (χ1n) is 11.2. The van der Waals surface area contributed by atoms with Gasteiger partial charge in [0.2, 0.25) is 5.91 Å². The topological polar surface area (TPSA) is 67.9 Å². The summed E-state index contributed by atoms with van der Waals surface area (Å²) in [7, 11) is 1.56. The lowest BCUT2D eigenvalue weighted by Gasteiger charge is -2.41. The van der Waals surface area contributed by atoms with E-state index in [1.54, 1.807) is 66.6 Å². The van der Waals surface area contributed by atoms with Gasteiger partial charge < -0.3 is 19.7 Å². The molecule has 0 bridgehead atoms. The van der Waals surface area contributed by atoms with Crippen LogP contribution in [0.3, 0.4) is 0 Å². The van der Waals surface area contributed by atoms with E-state index in [0.717, 1.165) is 0 Å². The second-order valence-electron chi connectivity index (χ2n) is 8.00. The average Bonchev–Trinajstić information content (AvgIpc) is 2.85. The number of anilines is 1. The van der Waals surface area contributed by atoms with Gasteiger partial charge in [-0.1, -0.05) is 30.3 Å². The summed E-state index contributed by atoms with van der Waals surface area (Å²) in [6.07, 6.45) is 0. The van der Waals surface area contributed by atoms with Gasteiger partial charge in [-0.05, 0) is 60.5 Å². The zero-order valence-corrected chi connectivity index (χ0v) is 19.2. The van der Waals surface area contributed by atoms with Gasteiger partial charge in [0.1, 0.15) is 11.6 Å². The Balaban J connectivity index is 1.76. The number of ether oxygens (including phenoxy) is 2. The molecule has 0 aromatic heterocycles. The van der Waals surface area contributed by atoms with Crippen molar-refractivity contribution in [2.24, 2.45) is 0 Å². The maximum absolute atomic E-state index is 13.7. The molecule has 1 N–H and O–H groups in total. The highest BCUT2D eigenvalue weighted by Crippen LogP contribution is 2.43. The van der Waals surface area contributed by atoms with Crippen molar-refractivity contribution in [3.05, 3.63) is 95.3 Å². The predicted molar refractivity (Wildman–Crippen MR) is 127 cm³/mol. The van der Waals surface area contributed by atoms with Crippen LogP contribution < -0.4 is 10.1 Å². The third-order valence-electron chi connectivity index (χ3n) is 5.90. The number of amides is 2. The molecule has 1 heterocycles. The summed E-state index contributed by atoms with van der Waals surface area (Å²) >= 11 is 0. The standard InChI is InChI=1S/C27H27FN2O4/c1-3-34-21-14-12-20(13-15-21)29-26(31)24-22-6-4-5-7-23(22)27(32)30(16-17-33-2)25(24)18-8-10-19(28)11-9-18/h4-15,24-25H,3,16-17H2,1-2H3,(H,29,31). The van der Waals surface area contributed by atoms with Gasteiger partial charge in [0.25, 0.3) is 5.91 Å². The Morgan fingerprint density at radius 3 is 2.41 bits per heavy atom. The number of rotatable bonds is 8. The van der Waals surface area contributed by atoms with Crippen LogP contribution in [0.4, 0.5) is 10.1 Å². The van der Waals surface area contributed by atoms with Gasteiger partial charge in [-0.25, -0.2) is 4.39 Å². The van der Waals surface area contributed by atoms with E-state index in [1.807, 2.05) is 13.0 Å². The van der Waals surface area contributed by atoms with Crippen LogP contribution in [0.25, 0.3) is 0 Å². The van der Waals surface area contributed by atoms with Crippen LogP contribution in [-0.4, -0.2) is 43.6 Å². The maximum Gasteiger partial charge on any atom is 0.254 e. The Labute approximate surface area is 198 Å². The molecular weight excluding hydrogens is 435 g/mol. The molecule has 3 aromatic carbocycles. The first kappa shape index (κ1) is 23.4. The summed E-state index contributed by atoms with van der Waals surface area (Å²) in [5, 5.41) is 2.99. The van der Waals surface area contributed by atoms with E-state index in [2.05, 4.69) is 5.32 Å². The highest BCUT2D eigenvalue weighted by atomic mass is 19.1. The van der Waals surface area contributed by atoms with Crippen LogP contribution in [0.2, 0.25) is 0 Å². The van der Waals surface area contributed by atoms with Crippen LogP contribution in [0.1, 0.15) is 40.4 Å². The van der Waals surface area contributed by atoms with Crippen molar-refractivity contribution in [2.45, 2.75) is 18.9 Å². The third kappa shape index (κ3) is 4.79. The minimum Gasteiger partial charge on any atom is -0.494 e. The van der Waals surface area contributed by atoms with Crippen LogP contribution in [0, 0.1) is 5.82 Å². The van der Waals surface area contributed by atoms with Crippen LogP contribution >= 0.6 is 0 Å². The summed E-state index contributed by atoms with van der Waals surface area (Å²) in [6, 6.07) is 19.6. The molecule has 2 amide bonds. The second kappa shape index (κ2) is 10.5. The average molecular weight is 463 g/mol. The van der Waals surface area contributed by atoms with Crippen LogP contribution in [-0.2, 0) is 9.53 Å². The van der Waals surface area contributed by atoms with Gasteiger partial charge in [-0.2, -0.15) is 0 Å². The molecule has 2 atom stereocenters. The summed E-state index contributed by atoms with van der Waals surface area (Å²) in [4.78, 5) is 28.8. The number of halogens is 1. The van der Waals surface area contributed by atoms with E-state index in [0.29, 0.717) is 47.9 Å². The van der Waals surface area contributed by atoms with Gasteiger partial charge in [0.15, 0.2) is 0 Å². The van der Waals surface area contributed by atoms with E-state index >= 15 is 0 Å². The molecule has 4 rings (SSSR count). The van der Waals surface area contributed by atoms with Crippen LogP contribution in [0.15, 0.2) is 72.8 Å². The summed E-state index contributed by atoms with van der Waals surface area (Å²) in [5.41, 5.74) is 2.40. The lowest BCUT2D eigenvalue weighted by atomic mass is 9.79. The quantitative estimate of drug-likeness (QED) is 0.523. The van der Waals surface area contributed by atoms with Crippen molar-refractivity contribution in [3.8, 4) is 5.75 Å². The number of hydrogen-bond donors (Lipinski definition) is 1. The van der Waals surface area contributed by atoms with Crippen molar-refractivity contribution in [1.29, 1.82) is 0 Å². The first-order valence-corrected chi connectivity index (χ1v) is 11.2. The number of nitrogens with one attached hydrogen (secondary N) is 1. The minimum atomic E-state index is -0.706. The third-order valence-corrected chi connectivity index (χ3v) is 5.90. The van der Waals surface area contributed by atoms with Gasteiger partial charge in [-0.15, -0.1) is 0 Å². The molecule has 34 heavy (non-hydrogen) atoms. The molecule has 0 radical (unpaired) electrons. The fourth-order valence-electron chi connectivity index (χ4n) is 4.36. The molecule has 1 aliphatic rings. The SMILES string of the molecule is CCOc1ccc(NC(=O)C2c3ccccc3C(=O)N(CCOC)C2c2ccc(F)cc2)cc1. The minimum absolute atomic E-state index is 0.188. The molecule has 3 aromatic rings. The largest absolute Gasteiger partial charge is 0.494 e. The molecule has 0 spiro atoms. The Morgan fingerprint density at radius 2 is 1.74 bits per heavy atom. The second-order valence-corrected chi connectivity index (χ2v) is 8.00. The Bertz CT molecular complexity index is 1150. The van der Waals surface area contributed by atoms with E-state index in [1.165, 1.54) is 12.1 Å². The maximum atomic E-state index is 13.7. The summed E-state index contributed by atoms with van der Waals surface area (Å²) in [6.45, 7) is 3.05. The van der Waals surface area contributed by atoms with Crippen molar-refractivity contribution in [3.63, 3.8) is 0 Å². The Kier molecular flexibility index (Phi) is 7.23. The normalized spacial score (nSPS) is 17.3. The summed E-state index contributed by atoms with van der Waals surface area (Å²) in [5.74, 6) is -0.829. The van der Waals surface area contributed by atoms with Crippen molar-refractivity contribution in [2.75, 3.05) is 32.2 Å². The molecule has 176 valence electrons. The number of carbonyl (C=O) groups is 2. The summed E-state index contributed by atoms with van der Waals surface area (Å²) < 4.78 is 24.4. The lowest BCUT2D eigenvalue weighted by molar-refractivity contribution is -0.119. The fourth-order valence-corrected chi connectivity index (χ4v) is 4.36. The molecule has 0 saturated heterocycles. The van der Waals surface area contributed by atoms with E-state index < -0.39 is 12.0 Å². The van der Waals surface area contributed by atoms with Crippen LogP contribution in [0.5, 0.6) is 5.75 Å². The van der Waals surface area contributed by atoms with Gasteiger partial charge >= 0.3 is 0 Å². The molecule has 2 unspecified atom stereocenters. The van der Waals surface area contributed by atoms with E-state index in [4.69, 9.17) is 9.47 Å². The fraction of sp³-hybridized carbons (Fsp3) is 0.259. The Hall–Kier alpha value is -3.71. The number of methoxy groups -OCH3 is 1. The highest BCUT2D eigenvalue weighted by Gasteiger charge is 2.44. The molecule has 0 saturated carbocycles. The van der Waals surface area contributed by atoms with Gasteiger partial charge in [0.05, 0.1) is 25.2 Å². The number of benzene rings is 3. The first-order chi connectivity index (χ1) is 16.5. The number of fused-ring (bicyclic) bond motifs is 1. The predicted octanol–water partition coefficient (Wildman–Crippen LogP) is 4.79. The number of carbonyl (C=O) groups excluding carboxylic acids is 2. The molecule has 7 heteroatoms. The lowest BCUT2D eigenvalue weighted by Crippen LogP contribution is -2.47. The number of hydrogen-bond acceptors (Lipinski definition) is 4. The number of nitrogens with zero attached hydrogens (tertiary/aromatic N) is 1. The van der Waals surface area contributed by atoms with Gasteiger partial charge in [-0.3, -0.25) is 9.59 Å². The molecular formula is C27H27FN2O4. The molecule has 1 aliphatic heterocycles. The molecule has 0 aliphatic carbocycles. The molecule has 0 fully saturated rings. The van der Waals surface area contributed by atoms with E-state index in [9.17, 15) is 14.0 Å². The van der Waals surface area contributed by atoms with Crippen molar-refractivity contribution >= 4 is 17.5 Å². The van der Waals surface area contributed by atoms with Gasteiger partial charge in [0, 0.05) is 24.9 Å². The zero-order chi connectivity index (χ0) is 24.1.